The van der Waals surface area contributed by atoms with E-state index in [-0.39, 0.29) is 18.0 Å². The molecule has 1 aromatic carbocycles. The van der Waals surface area contributed by atoms with E-state index in [0.717, 1.165) is 17.7 Å². The van der Waals surface area contributed by atoms with E-state index in [1.54, 1.807) is 18.7 Å². The average Bonchev–Trinajstić information content (AvgIpc) is 3.06. The Morgan fingerprint density at radius 3 is 2.74 bits per heavy atom. The highest BCUT2D eigenvalue weighted by Crippen LogP contribution is 2.40. The van der Waals surface area contributed by atoms with Gasteiger partial charge in [0.25, 0.3) is 5.91 Å². The smallest absolute Gasteiger partial charge is 0.252 e. The number of benzene rings is 1. The lowest BCUT2D eigenvalue weighted by molar-refractivity contribution is 0.0753. The molecule has 2 atom stereocenters. The summed E-state index contributed by atoms with van der Waals surface area (Å²) in [5, 5.41) is 7.15. The molecule has 2 bridgehead atoms. The van der Waals surface area contributed by atoms with E-state index in [1.807, 2.05) is 24.3 Å². The number of carbonyl (C=O) groups excluding carboxylic acids is 1. The molecule has 2 fully saturated rings. The maximum atomic E-state index is 13.1. The fourth-order valence-electron chi connectivity index (χ4n) is 4.57. The van der Waals surface area contributed by atoms with E-state index in [9.17, 15) is 4.79 Å². The van der Waals surface area contributed by atoms with Crippen molar-refractivity contribution in [3.05, 3.63) is 41.5 Å². The molecule has 3 N–H and O–H groups in total. The van der Waals surface area contributed by atoms with Gasteiger partial charge in [0.1, 0.15) is 0 Å². The molecule has 0 aliphatic heterocycles. The molecule has 7 heteroatoms. The van der Waals surface area contributed by atoms with Crippen LogP contribution < -0.4 is 11.1 Å². The number of aryl methyl sites for hydroxylation is 1. The Labute approximate surface area is 163 Å². The van der Waals surface area contributed by atoms with Crippen molar-refractivity contribution in [2.24, 2.45) is 17.6 Å². The van der Waals surface area contributed by atoms with Crippen LogP contribution in [0.25, 0.3) is 0 Å². The topological polar surface area (TPSA) is 94.0 Å². The number of fused-ring (bicyclic) bond motifs is 2. The number of carbonyl (C=O) groups is 1. The van der Waals surface area contributed by atoms with Crippen LogP contribution in [0.15, 0.2) is 33.7 Å². The standard InChI is InChI=1S/C20H26N4O2S/c1-12-22-18(26-24-12)11-27-17-8-3-2-7-16(17)20(25)23-19-13-5-4-6-14(19)10-15(21)9-13/h2-3,7-8,13-15,19H,4-6,9-11,21H2,1H3,(H,23,25). The highest BCUT2D eigenvalue weighted by Gasteiger charge is 2.40. The normalized spacial score (nSPS) is 27.3. The average molecular weight is 387 g/mol. The molecule has 1 heterocycles. The number of amides is 1. The van der Waals surface area contributed by atoms with Gasteiger partial charge in [-0.25, -0.2) is 0 Å². The zero-order chi connectivity index (χ0) is 18.8. The number of hydrogen-bond donors (Lipinski definition) is 2. The molecule has 0 spiro atoms. The molecular weight excluding hydrogens is 360 g/mol. The SMILES string of the molecule is Cc1noc(CSc2ccccc2C(=O)NC2C3CCCC2CC(N)C3)n1. The number of hydrogen-bond acceptors (Lipinski definition) is 6. The lowest BCUT2D eigenvalue weighted by atomic mass is 9.67. The van der Waals surface area contributed by atoms with Crippen molar-refractivity contribution >= 4 is 17.7 Å². The summed E-state index contributed by atoms with van der Waals surface area (Å²) in [4.78, 5) is 18.2. The maximum absolute atomic E-state index is 13.1. The van der Waals surface area contributed by atoms with Crippen molar-refractivity contribution < 1.29 is 9.32 Å². The summed E-state index contributed by atoms with van der Waals surface area (Å²) < 4.78 is 5.17. The lowest BCUT2D eigenvalue weighted by Crippen LogP contribution is -2.53. The Balaban J connectivity index is 1.45. The number of nitrogens with two attached hydrogens (primary N) is 1. The fourth-order valence-corrected chi connectivity index (χ4v) is 5.46. The minimum absolute atomic E-state index is 0.0113. The van der Waals surface area contributed by atoms with Gasteiger partial charge in [0.2, 0.25) is 5.89 Å². The molecule has 144 valence electrons. The van der Waals surface area contributed by atoms with Crippen molar-refractivity contribution in [3.8, 4) is 0 Å². The molecule has 0 saturated heterocycles. The van der Waals surface area contributed by atoms with Crippen molar-refractivity contribution in [3.63, 3.8) is 0 Å². The van der Waals surface area contributed by atoms with Gasteiger partial charge >= 0.3 is 0 Å². The molecule has 6 nitrogen and oxygen atoms in total. The monoisotopic (exact) mass is 386 g/mol. The van der Waals surface area contributed by atoms with Crippen molar-refractivity contribution in [1.82, 2.24) is 15.5 Å². The zero-order valence-corrected chi connectivity index (χ0v) is 16.4. The summed E-state index contributed by atoms with van der Waals surface area (Å²) in [7, 11) is 0. The molecule has 1 aromatic heterocycles. The molecule has 2 unspecified atom stereocenters. The minimum Gasteiger partial charge on any atom is -0.349 e. The van der Waals surface area contributed by atoms with Gasteiger partial charge in [0.15, 0.2) is 5.82 Å². The highest BCUT2D eigenvalue weighted by atomic mass is 32.2. The molecule has 2 aliphatic carbocycles. The molecule has 2 aromatic rings. The Kier molecular flexibility index (Phi) is 5.50. The maximum Gasteiger partial charge on any atom is 0.252 e. The number of rotatable bonds is 5. The Morgan fingerprint density at radius 1 is 1.30 bits per heavy atom. The summed E-state index contributed by atoms with van der Waals surface area (Å²) in [6, 6.07) is 8.26. The van der Waals surface area contributed by atoms with Crippen LogP contribution in [-0.2, 0) is 5.75 Å². The van der Waals surface area contributed by atoms with Gasteiger partial charge in [-0.05, 0) is 56.6 Å². The second-order valence-electron chi connectivity index (χ2n) is 7.70. The van der Waals surface area contributed by atoms with Crippen molar-refractivity contribution in [1.29, 1.82) is 0 Å². The van der Waals surface area contributed by atoms with E-state index in [4.69, 9.17) is 10.3 Å². The highest BCUT2D eigenvalue weighted by molar-refractivity contribution is 7.98. The van der Waals surface area contributed by atoms with Crippen LogP contribution in [0.2, 0.25) is 0 Å². The Bertz CT molecular complexity index is 795. The first-order chi connectivity index (χ1) is 13.1. The molecule has 2 saturated carbocycles. The second kappa shape index (κ2) is 8.02. The van der Waals surface area contributed by atoms with Gasteiger partial charge in [0.05, 0.1) is 11.3 Å². The van der Waals surface area contributed by atoms with Crippen LogP contribution in [0.3, 0.4) is 0 Å². The molecule has 4 rings (SSSR count). The molecule has 0 radical (unpaired) electrons. The van der Waals surface area contributed by atoms with Gasteiger partial charge in [-0.15, -0.1) is 11.8 Å². The lowest BCUT2D eigenvalue weighted by Gasteiger charge is -2.45. The predicted molar refractivity (Wildman–Crippen MR) is 104 cm³/mol. The van der Waals surface area contributed by atoms with E-state index in [1.165, 1.54) is 19.3 Å². The van der Waals surface area contributed by atoms with Crippen LogP contribution in [0.4, 0.5) is 0 Å². The third-order valence-corrected chi connectivity index (χ3v) is 6.79. The van der Waals surface area contributed by atoms with Gasteiger partial charge < -0.3 is 15.6 Å². The summed E-state index contributed by atoms with van der Waals surface area (Å²) in [6.45, 7) is 1.80. The second-order valence-corrected chi connectivity index (χ2v) is 8.72. The predicted octanol–water partition coefficient (Wildman–Crippen LogP) is 3.31. The van der Waals surface area contributed by atoms with E-state index in [2.05, 4.69) is 15.5 Å². The quantitative estimate of drug-likeness (QED) is 0.766. The Hall–Kier alpha value is -1.86. The molecule has 1 amide bonds. The molecular formula is C20H26N4O2S. The van der Waals surface area contributed by atoms with Crippen molar-refractivity contribution in [2.75, 3.05) is 0 Å². The number of nitrogens with one attached hydrogen (secondary N) is 1. The third kappa shape index (κ3) is 4.19. The van der Waals surface area contributed by atoms with Crippen molar-refractivity contribution in [2.45, 2.75) is 61.8 Å². The van der Waals surface area contributed by atoms with Crippen LogP contribution in [0.5, 0.6) is 0 Å². The first-order valence-electron chi connectivity index (χ1n) is 9.67. The fraction of sp³-hybridized carbons (Fsp3) is 0.550. The van der Waals surface area contributed by atoms with Gasteiger partial charge in [-0.1, -0.05) is 23.7 Å². The van der Waals surface area contributed by atoms with E-state index < -0.39 is 0 Å². The largest absolute Gasteiger partial charge is 0.349 e. The van der Waals surface area contributed by atoms with E-state index in [0.29, 0.717) is 34.9 Å². The summed E-state index contributed by atoms with van der Waals surface area (Å²) >= 11 is 1.55. The Morgan fingerprint density at radius 2 is 2.04 bits per heavy atom. The third-order valence-electron chi connectivity index (χ3n) is 5.73. The molecule has 2 aliphatic rings. The van der Waals surface area contributed by atoms with Gasteiger partial charge in [0, 0.05) is 17.0 Å². The van der Waals surface area contributed by atoms with Crippen LogP contribution >= 0.6 is 11.8 Å². The first kappa shape index (κ1) is 18.5. The van der Waals surface area contributed by atoms with Gasteiger partial charge in [-0.2, -0.15) is 4.98 Å². The minimum atomic E-state index is 0.0113. The molecule has 27 heavy (non-hydrogen) atoms. The first-order valence-corrected chi connectivity index (χ1v) is 10.7. The zero-order valence-electron chi connectivity index (χ0n) is 15.6. The van der Waals surface area contributed by atoms with Crippen LogP contribution in [0.1, 0.15) is 54.2 Å². The summed E-state index contributed by atoms with van der Waals surface area (Å²) in [6.07, 6.45) is 5.64. The summed E-state index contributed by atoms with van der Waals surface area (Å²) in [5.74, 6) is 2.78. The number of aromatic nitrogens is 2. The number of thioether (sulfide) groups is 1. The summed E-state index contributed by atoms with van der Waals surface area (Å²) in [5.41, 5.74) is 6.93. The van der Waals surface area contributed by atoms with Gasteiger partial charge in [-0.3, -0.25) is 4.79 Å². The van der Waals surface area contributed by atoms with Crippen LogP contribution in [-0.4, -0.2) is 28.1 Å². The van der Waals surface area contributed by atoms with E-state index >= 15 is 0 Å². The van der Waals surface area contributed by atoms with Crippen LogP contribution in [0, 0.1) is 18.8 Å². The number of nitrogens with zero attached hydrogens (tertiary/aromatic N) is 2.